The number of hydrogen-bond donors (Lipinski definition) is 1. The van der Waals surface area contributed by atoms with E-state index in [0.717, 1.165) is 5.56 Å². The lowest BCUT2D eigenvalue weighted by molar-refractivity contribution is -0.156. The van der Waals surface area contributed by atoms with Crippen molar-refractivity contribution in [3.63, 3.8) is 0 Å². The maximum Gasteiger partial charge on any atom is 0.248 e. The summed E-state index contributed by atoms with van der Waals surface area (Å²) in [4.78, 5) is 27.1. The van der Waals surface area contributed by atoms with E-state index in [1.807, 2.05) is 51.1 Å². The molecule has 2 amide bonds. The van der Waals surface area contributed by atoms with Crippen LogP contribution in [-0.2, 0) is 16.0 Å². The lowest BCUT2D eigenvalue weighted by Crippen LogP contribution is -2.70. The second kappa shape index (κ2) is 5.88. The molecule has 1 N–H and O–H groups in total. The maximum atomic E-state index is 12.8. The molecule has 0 spiro atoms. The molecule has 1 fully saturated rings. The average molecular weight is 288 g/mol. The Morgan fingerprint density at radius 3 is 2.38 bits per heavy atom. The van der Waals surface area contributed by atoms with E-state index in [-0.39, 0.29) is 17.9 Å². The van der Waals surface area contributed by atoms with Crippen molar-refractivity contribution >= 4 is 11.8 Å². The molecule has 0 bridgehead atoms. The fourth-order valence-electron chi connectivity index (χ4n) is 2.82. The minimum atomic E-state index is -0.783. The lowest BCUT2D eigenvalue weighted by Gasteiger charge is -2.46. The van der Waals surface area contributed by atoms with Crippen LogP contribution >= 0.6 is 0 Å². The molecule has 2 unspecified atom stereocenters. The van der Waals surface area contributed by atoms with Crippen molar-refractivity contribution in [3.05, 3.63) is 35.9 Å². The van der Waals surface area contributed by atoms with Crippen molar-refractivity contribution in [1.82, 2.24) is 10.2 Å². The molecule has 0 aromatic heterocycles. The molecule has 0 saturated carbocycles. The van der Waals surface area contributed by atoms with E-state index >= 15 is 0 Å². The first kappa shape index (κ1) is 15.5. The van der Waals surface area contributed by atoms with E-state index < -0.39 is 11.6 Å². The smallest absolute Gasteiger partial charge is 0.248 e. The number of benzene rings is 1. The number of rotatable bonds is 4. The molecule has 1 aliphatic rings. The number of hydrogen-bond acceptors (Lipinski definition) is 2. The van der Waals surface area contributed by atoms with Gasteiger partial charge >= 0.3 is 0 Å². The molecule has 2 atom stereocenters. The van der Waals surface area contributed by atoms with Crippen LogP contribution in [0.5, 0.6) is 0 Å². The standard InChI is InChI=1S/C17H24N2O2/c1-5-17(4)16(21)19(12(2)3)14(15(20)18-17)11-13-9-7-6-8-10-13/h6-10,12,14H,5,11H2,1-4H3,(H,18,20). The summed E-state index contributed by atoms with van der Waals surface area (Å²) in [5.74, 6) is -0.0444. The summed E-state index contributed by atoms with van der Waals surface area (Å²) in [7, 11) is 0. The molecule has 0 radical (unpaired) electrons. The zero-order valence-electron chi connectivity index (χ0n) is 13.2. The summed E-state index contributed by atoms with van der Waals surface area (Å²) in [6.45, 7) is 7.66. The lowest BCUT2D eigenvalue weighted by atomic mass is 9.89. The Kier molecular flexibility index (Phi) is 4.35. The summed E-state index contributed by atoms with van der Waals surface area (Å²) in [5, 5.41) is 2.92. The van der Waals surface area contributed by atoms with Gasteiger partial charge in [-0.3, -0.25) is 9.59 Å². The highest BCUT2D eigenvalue weighted by Gasteiger charge is 2.47. The van der Waals surface area contributed by atoms with Gasteiger partial charge in [-0.25, -0.2) is 0 Å². The molecular weight excluding hydrogens is 264 g/mol. The van der Waals surface area contributed by atoms with Gasteiger partial charge in [-0.1, -0.05) is 37.3 Å². The Bertz CT molecular complexity index is 527. The van der Waals surface area contributed by atoms with Gasteiger partial charge in [0.2, 0.25) is 11.8 Å². The number of nitrogens with zero attached hydrogens (tertiary/aromatic N) is 1. The maximum absolute atomic E-state index is 12.8. The molecule has 4 heteroatoms. The predicted octanol–water partition coefficient (Wildman–Crippen LogP) is 2.13. The second-order valence-corrected chi connectivity index (χ2v) is 6.19. The molecule has 4 nitrogen and oxygen atoms in total. The largest absolute Gasteiger partial charge is 0.340 e. The van der Waals surface area contributed by atoms with Crippen molar-refractivity contribution in [3.8, 4) is 0 Å². The molecule has 1 aromatic carbocycles. The van der Waals surface area contributed by atoms with Crippen LogP contribution < -0.4 is 5.32 Å². The molecule has 1 saturated heterocycles. The van der Waals surface area contributed by atoms with Gasteiger partial charge in [0.05, 0.1) is 0 Å². The Labute approximate surface area is 126 Å². The van der Waals surface area contributed by atoms with Crippen LogP contribution in [0.4, 0.5) is 0 Å². The third-order valence-corrected chi connectivity index (χ3v) is 4.28. The number of nitrogens with one attached hydrogen (secondary N) is 1. The minimum absolute atomic E-state index is 0.00290. The summed E-state index contributed by atoms with van der Waals surface area (Å²) >= 11 is 0. The van der Waals surface area contributed by atoms with Gasteiger partial charge in [0.15, 0.2) is 0 Å². The monoisotopic (exact) mass is 288 g/mol. The summed E-state index contributed by atoms with van der Waals surface area (Å²) < 4.78 is 0. The molecule has 21 heavy (non-hydrogen) atoms. The van der Waals surface area contributed by atoms with Gasteiger partial charge in [0, 0.05) is 12.5 Å². The van der Waals surface area contributed by atoms with Crippen molar-refractivity contribution in [2.24, 2.45) is 0 Å². The second-order valence-electron chi connectivity index (χ2n) is 6.19. The van der Waals surface area contributed by atoms with E-state index in [1.165, 1.54) is 0 Å². The third kappa shape index (κ3) is 2.94. The van der Waals surface area contributed by atoms with Gasteiger partial charge in [0.25, 0.3) is 0 Å². The van der Waals surface area contributed by atoms with Crippen LogP contribution in [0.2, 0.25) is 0 Å². The predicted molar refractivity (Wildman–Crippen MR) is 82.8 cm³/mol. The Hall–Kier alpha value is -1.84. The van der Waals surface area contributed by atoms with Crippen LogP contribution in [0.15, 0.2) is 30.3 Å². The third-order valence-electron chi connectivity index (χ3n) is 4.28. The highest BCUT2D eigenvalue weighted by atomic mass is 16.2. The van der Waals surface area contributed by atoms with E-state index in [4.69, 9.17) is 0 Å². The van der Waals surface area contributed by atoms with Crippen LogP contribution in [-0.4, -0.2) is 34.3 Å². The Morgan fingerprint density at radius 1 is 1.24 bits per heavy atom. The summed E-state index contributed by atoms with van der Waals surface area (Å²) in [6.07, 6.45) is 1.15. The Balaban J connectivity index is 2.31. The highest BCUT2D eigenvalue weighted by molar-refractivity contribution is 5.99. The van der Waals surface area contributed by atoms with Gasteiger partial charge in [-0.15, -0.1) is 0 Å². The quantitative estimate of drug-likeness (QED) is 0.922. The minimum Gasteiger partial charge on any atom is -0.340 e. The van der Waals surface area contributed by atoms with Crippen LogP contribution in [0.25, 0.3) is 0 Å². The van der Waals surface area contributed by atoms with E-state index in [9.17, 15) is 9.59 Å². The summed E-state index contributed by atoms with van der Waals surface area (Å²) in [6, 6.07) is 9.40. The first-order valence-electron chi connectivity index (χ1n) is 7.57. The summed E-state index contributed by atoms with van der Waals surface area (Å²) in [5.41, 5.74) is 0.283. The van der Waals surface area contributed by atoms with E-state index in [0.29, 0.717) is 12.8 Å². The molecule has 1 aliphatic heterocycles. The van der Waals surface area contributed by atoms with E-state index in [2.05, 4.69) is 5.32 Å². The first-order valence-corrected chi connectivity index (χ1v) is 7.57. The molecule has 0 aliphatic carbocycles. The number of piperazine rings is 1. The van der Waals surface area contributed by atoms with Crippen molar-refractivity contribution in [2.45, 2.75) is 58.2 Å². The fraction of sp³-hybridized carbons (Fsp3) is 0.529. The molecule has 114 valence electrons. The number of carbonyl (C=O) groups is 2. The fourth-order valence-corrected chi connectivity index (χ4v) is 2.82. The normalized spacial score (nSPS) is 26.1. The van der Waals surface area contributed by atoms with Crippen molar-refractivity contribution in [1.29, 1.82) is 0 Å². The Morgan fingerprint density at radius 2 is 1.86 bits per heavy atom. The number of carbonyl (C=O) groups excluding carboxylic acids is 2. The van der Waals surface area contributed by atoms with Crippen molar-refractivity contribution in [2.75, 3.05) is 0 Å². The highest BCUT2D eigenvalue weighted by Crippen LogP contribution is 2.25. The average Bonchev–Trinajstić information content (AvgIpc) is 2.45. The van der Waals surface area contributed by atoms with E-state index in [1.54, 1.807) is 11.8 Å². The zero-order valence-corrected chi connectivity index (χ0v) is 13.2. The molecule has 1 aromatic rings. The van der Waals surface area contributed by atoms with Gasteiger partial charge in [0.1, 0.15) is 11.6 Å². The van der Waals surface area contributed by atoms with Crippen molar-refractivity contribution < 1.29 is 9.59 Å². The molecular formula is C17H24N2O2. The van der Waals surface area contributed by atoms with Crippen LogP contribution in [0.1, 0.15) is 39.7 Å². The van der Waals surface area contributed by atoms with Crippen LogP contribution in [0, 0.1) is 0 Å². The zero-order chi connectivity index (χ0) is 15.6. The topological polar surface area (TPSA) is 49.4 Å². The molecule has 2 rings (SSSR count). The van der Waals surface area contributed by atoms with Gasteiger partial charge < -0.3 is 10.2 Å². The molecule has 1 heterocycles. The first-order chi connectivity index (χ1) is 9.89. The van der Waals surface area contributed by atoms with Gasteiger partial charge in [-0.2, -0.15) is 0 Å². The van der Waals surface area contributed by atoms with Gasteiger partial charge in [-0.05, 0) is 32.8 Å². The number of amides is 2. The van der Waals surface area contributed by atoms with Crippen LogP contribution in [0.3, 0.4) is 0 Å². The SMILES string of the molecule is CCC1(C)NC(=O)C(Cc2ccccc2)N(C(C)C)C1=O.